The van der Waals surface area contributed by atoms with Crippen molar-refractivity contribution in [2.24, 2.45) is 11.8 Å². The molecule has 0 heterocycles. The zero-order valence-electron chi connectivity index (χ0n) is 7.16. The highest BCUT2D eigenvalue weighted by molar-refractivity contribution is 4.75. The molecule has 0 aliphatic rings. The highest BCUT2D eigenvalue weighted by Gasteiger charge is 2.13. The van der Waals surface area contributed by atoms with Gasteiger partial charge in [0.2, 0.25) is 0 Å². The average molecular weight is 158 g/mol. The molecule has 0 aromatic heterocycles. The van der Waals surface area contributed by atoms with Crippen LogP contribution in [0.5, 0.6) is 0 Å². The topological polar surface area (TPSA) is 40.5 Å². The second-order valence-corrected chi connectivity index (χ2v) is 2.96. The van der Waals surface area contributed by atoms with Crippen molar-refractivity contribution in [2.75, 3.05) is 13.2 Å². The van der Waals surface area contributed by atoms with Gasteiger partial charge in [0.1, 0.15) is 0 Å². The first-order valence-electron chi connectivity index (χ1n) is 4.08. The van der Waals surface area contributed by atoms with Gasteiger partial charge in [-0.3, -0.25) is 0 Å². The Kier molecular flexibility index (Phi) is 6.18. The summed E-state index contributed by atoms with van der Waals surface area (Å²) < 4.78 is 0. The number of hydrogen-bond donors (Lipinski definition) is 2. The van der Waals surface area contributed by atoms with Crippen LogP contribution in [-0.2, 0) is 0 Å². The van der Waals surface area contributed by atoms with Gasteiger partial charge < -0.3 is 10.2 Å². The van der Waals surface area contributed by atoms with Crippen LogP contribution >= 0.6 is 0 Å². The SMILES string of the molecule is C=CCC(CO)C(C)CCO. The van der Waals surface area contributed by atoms with Crippen molar-refractivity contribution in [3.8, 4) is 0 Å². The first-order chi connectivity index (χ1) is 5.26. The molecule has 0 aliphatic carbocycles. The number of aliphatic hydroxyl groups excluding tert-OH is 2. The van der Waals surface area contributed by atoms with Crippen LogP contribution in [0.25, 0.3) is 0 Å². The Morgan fingerprint density at radius 3 is 2.45 bits per heavy atom. The number of rotatable bonds is 6. The van der Waals surface area contributed by atoms with E-state index in [4.69, 9.17) is 10.2 Å². The molecular formula is C9H18O2. The summed E-state index contributed by atoms with van der Waals surface area (Å²) in [6.45, 7) is 6.05. The first kappa shape index (κ1) is 10.7. The van der Waals surface area contributed by atoms with Crippen molar-refractivity contribution in [3.63, 3.8) is 0 Å². The second kappa shape index (κ2) is 6.38. The van der Waals surface area contributed by atoms with Gasteiger partial charge in [-0.2, -0.15) is 0 Å². The van der Waals surface area contributed by atoms with Crippen LogP contribution < -0.4 is 0 Å². The van der Waals surface area contributed by atoms with Crippen LogP contribution in [0.15, 0.2) is 12.7 Å². The van der Waals surface area contributed by atoms with Crippen molar-refractivity contribution >= 4 is 0 Å². The smallest absolute Gasteiger partial charge is 0.0464 e. The molecule has 0 spiro atoms. The third kappa shape index (κ3) is 4.17. The molecule has 0 saturated carbocycles. The predicted octanol–water partition coefficient (Wildman–Crippen LogP) is 1.19. The van der Waals surface area contributed by atoms with Gasteiger partial charge in [0, 0.05) is 13.2 Å². The highest BCUT2D eigenvalue weighted by atomic mass is 16.3. The summed E-state index contributed by atoms with van der Waals surface area (Å²) in [5.74, 6) is 0.641. The number of hydrogen-bond acceptors (Lipinski definition) is 2. The zero-order chi connectivity index (χ0) is 8.69. The summed E-state index contributed by atoms with van der Waals surface area (Å²) in [6, 6.07) is 0. The molecule has 0 saturated heterocycles. The molecule has 0 aromatic carbocycles. The van der Waals surface area contributed by atoms with Gasteiger partial charge in [-0.05, 0) is 24.7 Å². The lowest BCUT2D eigenvalue weighted by molar-refractivity contribution is 0.159. The number of allylic oxidation sites excluding steroid dienone is 1. The Balaban J connectivity index is 3.70. The molecule has 2 nitrogen and oxygen atoms in total. The van der Waals surface area contributed by atoms with Gasteiger partial charge >= 0.3 is 0 Å². The van der Waals surface area contributed by atoms with Gasteiger partial charge in [-0.1, -0.05) is 13.0 Å². The lowest BCUT2D eigenvalue weighted by Gasteiger charge is -2.19. The zero-order valence-corrected chi connectivity index (χ0v) is 7.16. The van der Waals surface area contributed by atoms with E-state index in [0.29, 0.717) is 5.92 Å². The van der Waals surface area contributed by atoms with Gasteiger partial charge in [0.15, 0.2) is 0 Å². The van der Waals surface area contributed by atoms with E-state index in [2.05, 4.69) is 6.58 Å². The Morgan fingerprint density at radius 1 is 1.45 bits per heavy atom. The average Bonchev–Trinajstić information content (AvgIpc) is 2.00. The van der Waals surface area contributed by atoms with Gasteiger partial charge in [0.05, 0.1) is 0 Å². The fourth-order valence-corrected chi connectivity index (χ4v) is 1.14. The van der Waals surface area contributed by atoms with E-state index in [1.54, 1.807) is 0 Å². The first-order valence-corrected chi connectivity index (χ1v) is 4.08. The van der Waals surface area contributed by atoms with Crippen LogP contribution in [0, 0.1) is 11.8 Å². The maximum Gasteiger partial charge on any atom is 0.0464 e. The summed E-state index contributed by atoms with van der Waals surface area (Å²) >= 11 is 0. The van der Waals surface area contributed by atoms with E-state index in [1.165, 1.54) is 0 Å². The van der Waals surface area contributed by atoms with Gasteiger partial charge in [-0.25, -0.2) is 0 Å². The molecule has 11 heavy (non-hydrogen) atoms. The van der Waals surface area contributed by atoms with E-state index >= 15 is 0 Å². The quantitative estimate of drug-likeness (QED) is 0.570. The van der Waals surface area contributed by atoms with E-state index in [1.807, 2.05) is 13.0 Å². The molecule has 0 aromatic rings. The Hall–Kier alpha value is -0.340. The summed E-state index contributed by atoms with van der Waals surface area (Å²) in [4.78, 5) is 0. The van der Waals surface area contributed by atoms with Crippen molar-refractivity contribution < 1.29 is 10.2 Å². The lowest BCUT2D eigenvalue weighted by Crippen LogP contribution is -2.16. The third-order valence-electron chi connectivity index (χ3n) is 2.09. The molecule has 2 unspecified atom stereocenters. The standard InChI is InChI=1S/C9H18O2/c1-3-4-9(7-11)8(2)5-6-10/h3,8-11H,1,4-7H2,2H3. The second-order valence-electron chi connectivity index (χ2n) is 2.96. The number of aliphatic hydroxyl groups is 2. The van der Waals surface area contributed by atoms with Crippen molar-refractivity contribution in [2.45, 2.75) is 19.8 Å². The van der Waals surface area contributed by atoms with E-state index in [0.717, 1.165) is 12.8 Å². The minimum absolute atomic E-state index is 0.188. The minimum Gasteiger partial charge on any atom is -0.396 e. The maximum absolute atomic E-state index is 8.92. The Labute approximate surface area is 68.6 Å². The van der Waals surface area contributed by atoms with Crippen LogP contribution in [0.3, 0.4) is 0 Å². The lowest BCUT2D eigenvalue weighted by atomic mass is 9.89. The van der Waals surface area contributed by atoms with E-state index < -0.39 is 0 Å². The molecule has 0 bridgehead atoms. The van der Waals surface area contributed by atoms with Crippen LogP contribution in [0.2, 0.25) is 0 Å². The summed E-state index contributed by atoms with van der Waals surface area (Å²) in [6.07, 6.45) is 3.41. The third-order valence-corrected chi connectivity index (χ3v) is 2.09. The van der Waals surface area contributed by atoms with E-state index in [-0.39, 0.29) is 19.1 Å². The minimum atomic E-state index is 0.188. The molecule has 0 radical (unpaired) electrons. The largest absolute Gasteiger partial charge is 0.396 e. The molecule has 0 fully saturated rings. The van der Waals surface area contributed by atoms with Crippen LogP contribution in [0.1, 0.15) is 19.8 Å². The Morgan fingerprint density at radius 2 is 2.09 bits per heavy atom. The van der Waals surface area contributed by atoms with Crippen molar-refractivity contribution in [1.29, 1.82) is 0 Å². The van der Waals surface area contributed by atoms with Crippen LogP contribution in [-0.4, -0.2) is 23.4 Å². The highest BCUT2D eigenvalue weighted by Crippen LogP contribution is 2.18. The normalized spacial score (nSPS) is 15.9. The predicted molar refractivity (Wildman–Crippen MR) is 46.3 cm³/mol. The van der Waals surface area contributed by atoms with Gasteiger partial charge in [-0.15, -0.1) is 6.58 Å². The van der Waals surface area contributed by atoms with E-state index in [9.17, 15) is 0 Å². The molecule has 2 N–H and O–H groups in total. The van der Waals surface area contributed by atoms with Crippen molar-refractivity contribution in [3.05, 3.63) is 12.7 Å². The van der Waals surface area contributed by atoms with Crippen molar-refractivity contribution in [1.82, 2.24) is 0 Å². The molecule has 0 amide bonds. The molecule has 2 atom stereocenters. The Bertz CT molecular complexity index is 102. The summed E-state index contributed by atoms with van der Waals surface area (Å²) in [5, 5.41) is 17.6. The summed E-state index contributed by atoms with van der Waals surface area (Å²) in [5.41, 5.74) is 0. The molecule has 0 aliphatic heterocycles. The monoisotopic (exact) mass is 158 g/mol. The molecular weight excluding hydrogens is 140 g/mol. The van der Waals surface area contributed by atoms with Gasteiger partial charge in [0.25, 0.3) is 0 Å². The molecule has 66 valence electrons. The molecule has 2 heteroatoms. The van der Waals surface area contributed by atoms with Crippen LogP contribution in [0.4, 0.5) is 0 Å². The fraction of sp³-hybridized carbons (Fsp3) is 0.778. The summed E-state index contributed by atoms with van der Waals surface area (Å²) in [7, 11) is 0. The fourth-order valence-electron chi connectivity index (χ4n) is 1.14. The maximum atomic E-state index is 8.92. The molecule has 0 rings (SSSR count).